The molecule has 0 aromatic carbocycles. The number of rotatable bonds is 1. The fraction of sp³-hybridized carbons (Fsp3) is 0.882. The number of hydrogen-bond acceptors (Lipinski definition) is 4. The first-order valence-electron chi connectivity index (χ1n) is 8.66. The molecule has 4 nitrogen and oxygen atoms in total. The summed E-state index contributed by atoms with van der Waals surface area (Å²) in [5, 5.41) is 0. The average Bonchev–Trinajstić information content (AvgIpc) is 2.99. The maximum atomic E-state index is 6.26. The molecule has 0 amide bonds. The maximum Gasteiger partial charge on any atom is 0.490 e. The normalized spacial score (nSPS) is 38.4. The van der Waals surface area contributed by atoms with Crippen molar-refractivity contribution in [1.82, 2.24) is 0 Å². The van der Waals surface area contributed by atoms with Crippen LogP contribution in [-0.2, 0) is 18.8 Å². The van der Waals surface area contributed by atoms with Gasteiger partial charge in [0, 0.05) is 12.3 Å². The minimum Gasteiger partial charge on any atom is -0.400 e. The molecule has 2 saturated heterocycles. The van der Waals surface area contributed by atoms with Gasteiger partial charge in [-0.1, -0.05) is 6.08 Å². The molecule has 1 spiro atoms. The van der Waals surface area contributed by atoms with E-state index in [2.05, 4.69) is 33.8 Å². The Hall–Kier alpha value is -0.355. The maximum absolute atomic E-state index is 6.26. The van der Waals surface area contributed by atoms with Crippen molar-refractivity contribution in [2.75, 3.05) is 13.2 Å². The highest BCUT2D eigenvalue weighted by atomic mass is 16.7. The molecule has 122 valence electrons. The largest absolute Gasteiger partial charge is 0.490 e. The molecule has 5 heteroatoms. The van der Waals surface area contributed by atoms with Crippen LogP contribution in [0.1, 0.15) is 53.4 Å². The third-order valence-electron chi connectivity index (χ3n) is 6.44. The highest BCUT2D eigenvalue weighted by molar-refractivity contribution is 6.54. The van der Waals surface area contributed by atoms with Gasteiger partial charge in [-0.05, 0) is 58.3 Å². The van der Waals surface area contributed by atoms with E-state index in [0.29, 0.717) is 11.8 Å². The molecule has 0 radical (unpaired) electrons. The van der Waals surface area contributed by atoms with Crippen LogP contribution in [0.2, 0.25) is 0 Å². The molecule has 4 rings (SSSR count). The zero-order valence-corrected chi connectivity index (χ0v) is 14.2. The summed E-state index contributed by atoms with van der Waals surface area (Å²) >= 11 is 0. The van der Waals surface area contributed by atoms with Gasteiger partial charge in [0.25, 0.3) is 0 Å². The number of ether oxygens (including phenoxy) is 2. The van der Waals surface area contributed by atoms with Crippen molar-refractivity contribution in [2.45, 2.75) is 70.4 Å². The molecule has 2 aliphatic carbocycles. The summed E-state index contributed by atoms with van der Waals surface area (Å²) in [5.41, 5.74) is 0.828. The van der Waals surface area contributed by atoms with Crippen molar-refractivity contribution < 1.29 is 18.8 Å². The Labute approximate surface area is 133 Å². The first kappa shape index (κ1) is 15.2. The Balaban J connectivity index is 1.54. The molecule has 2 atom stereocenters. The lowest BCUT2D eigenvalue weighted by atomic mass is 9.59. The van der Waals surface area contributed by atoms with E-state index in [1.165, 1.54) is 5.47 Å². The summed E-state index contributed by atoms with van der Waals surface area (Å²) in [5.74, 6) is 0.737. The van der Waals surface area contributed by atoms with Gasteiger partial charge in [0.2, 0.25) is 0 Å². The third kappa shape index (κ3) is 2.13. The van der Waals surface area contributed by atoms with E-state index in [-0.39, 0.29) is 24.1 Å². The molecule has 2 bridgehead atoms. The predicted molar refractivity (Wildman–Crippen MR) is 84.2 cm³/mol. The number of allylic oxidation sites excluding steroid dienone is 2. The second kappa shape index (κ2) is 4.82. The summed E-state index contributed by atoms with van der Waals surface area (Å²) in [6.07, 6.45) is 6.59. The van der Waals surface area contributed by atoms with Gasteiger partial charge in [-0.3, -0.25) is 0 Å². The highest BCUT2D eigenvalue weighted by Crippen LogP contribution is 2.51. The van der Waals surface area contributed by atoms with Crippen molar-refractivity contribution in [3.05, 3.63) is 11.5 Å². The summed E-state index contributed by atoms with van der Waals surface area (Å²) in [6, 6.07) is 0. The fourth-order valence-electron chi connectivity index (χ4n) is 4.36. The van der Waals surface area contributed by atoms with Gasteiger partial charge in [-0.2, -0.15) is 0 Å². The zero-order valence-electron chi connectivity index (χ0n) is 14.2. The molecule has 0 aromatic heterocycles. The fourth-order valence-corrected chi connectivity index (χ4v) is 4.36. The first-order chi connectivity index (χ1) is 10.3. The van der Waals surface area contributed by atoms with Crippen molar-refractivity contribution >= 4 is 7.12 Å². The van der Waals surface area contributed by atoms with E-state index < -0.39 is 0 Å². The summed E-state index contributed by atoms with van der Waals surface area (Å²) in [6.45, 7) is 9.97. The molecule has 2 heterocycles. The van der Waals surface area contributed by atoms with E-state index >= 15 is 0 Å². The van der Waals surface area contributed by atoms with Gasteiger partial charge in [-0.25, -0.2) is 0 Å². The highest BCUT2D eigenvalue weighted by Gasteiger charge is 2.56. The van der Waals surface area contributed by atoms with Gasteiger partial charge >= 0.3 is 7.12 Å². The van der Waals surface area contributed by atoms with Gasteiger partial charge in [0.1, 0.15) is 0 Å². The SMILES string of the molecule is CC1(C)OB(C2=CCC3CC2CCC32OCCO2)OC1(C)C. The Morgan fingerprint density at radius 2 is 1.68 bits per heavy atom. The lowest BCUT2D eigenvalue weighted by molar-refractivity contribution is -0.217. The van der Waals surface area contributed by atoms with E-state index in [1.54, 1.807) is 0 Å². The van der Waals surface area contributed by atoms with Crippen LogP contribution in [0.3, 0.4) is 0 Å². The quantitative estimate of drug-likeness (QED) is 0.698. The standard InChI is InChI=1S/C17H27BO4/c1-15(2)16(3,4)22-18(21-15)14-6-5-13-11-12(14)7-8-17(13)19-9-10-20-17/h6,12-13H,5,7-11H2,1-4H3. The van der Waals surface area contributed by atoms with Gasteiger partial charge < -0.3 is 18.8 Å². The van der Waals surface area contributed by atoms with Gasteiger partial charge in [0.15, 0.2) is 5.79 Å². The van der Waals surface area contributed by atoms with E-state index in [9.17, 15) is 0 Å². The van der Waals surface area contributed by atoms with Crippen LogP contribution in [0.5, 0.6) is 0 Å². The summed E-state index contributed by atoms with van der Waals surface area (Å²) < 4.78 is 24.5. The van der Waals surface area contributed by atoms with Crippen LogP contribution in [0.4, 0.5) is 0 Å². The van der Waals surface area contributed by atoms with Crippen LogP contribution >= 0.6 is 0 Å². The second-order valence-electron chi connectivity index (χ2n) is 8.21. The second-order valence-corrected chi connectivity index (χ2v) is 8.21. The monoisotopic (exact) mass is 306 g/mol. The Bertz CT molecular complexity index is 477. The van der Waals surface area contributed by atoms with E-state index in [4.69, 9.17) is 18.8 Å². The smallest absolute Gasteiger partial charge is 0.400 e. The summed E-state index contributed by atoms with van der Waals surface area (Å²) in [4.78, 5) is 0. The molecular formula is C17H27BO4. The third-order valence-corrected chi connectivity index (χ3v) is 6.44. The number of hydrogen-bond donors (Lipinski definition) is 0. The zero-order chi connectivity index (χ0) is 15.6. The van der Waals surface area contributed by atoms with E-state index in [1.807, 2.05) is 0 Å². The molecule has 22 heavy (non-hydrogen) atoms. The topological polar surface area (TPSA) is 36.9 Å². The molecule has 1 saturated carbocycles. The minimum absolute atomic E-state index is 0.185. The van der Waals surface area contributed by atoms with Crippen molar-refractivity contribution in [3.63, 3.8) is 0 Å². The number of fused-ring (bicyclic) bond motifs is 3. The van der Waals surface area contributed by atoms with Crippen LogP contribution in [0, 0.1) is 11.8 Å². The molecular weight excluding hydrogens is 279 g/mol. The lowest BCUT2D eigenvalue weighted by Gasteiger charge is -2.45. The van der Waals surface area contributed by atoms with Crippen molar-refractivity contribution in [2.24, 2.45) is 11.8 Å². The molecule has 0 aromatic rings. The van der Waals surface area contributed by atoms with Crippen molar-refractivity contribution in [1.29, 1.82) is 0 Å². The van der Waals surface area contributed by atoms with Gasteiger partial charge in [-0.15, -0.1) is 0 Å². The minimum atomic E-state index is -0.297. The molecule has 3 fully saturated rings. The summed E-state index contributed by atoms with van der Waals surface area (Å²) in [7, 11) is -0.185. The Morgan fingerprint density at radius 3 is 2.32 bits per heavy atom. The van der Waals surface area contributed by atoms with Crippen LogP contribution in [0.15, 0.2) is 11.5 Å². The lowest BCUT2D eigenvalue weighted by Crippen LogP contribution is -2.47. The molecule has 2 aliphatic heterocycles. The van der Waals surface area contributed by atoms with Crippen LogP contribution in [0.25, 0.3) is 0 Å². The van der Waals surface area contributed by atoms with Crippen molar-refractivity contribution in [3.8, 4) is 0 Å². The Morgan fingerprint density at radius 1 is 1.05 bits per heavy atom. The van der Waals surface area contributed by atoms with Crippen LogP contribution in [-0.4, -0.2) is 37.3 Å². The molecule has 2 unspecified atom stereocenters. The average molecular weight is 306 g/mol. The van der Waals surface area contributed by atoms with Crippen LogP contribution < -0.4 is 0 Å². The Kier molecular flexibility index (Phi) is 3.33. The predicted octanol–water partition coefficient (Wildman–Crippen LogP) is 3.11. The van der Waals surface area contributed by atoms with E-state index in [0.717, 1.165) is 38.9 Å². The molecule has 4 aliphatic rings. The first-order valence-corrected chi connectivity index (χ1v) is 8.66. The molecule has 0 N–H and O–H groups in total. The van der Waals surface area contributed by atoms with Gasteiger partial charge in [0.05, 0.1) is 24.4 Å².